The van der Waals surface area contributed by atoms with Gasteiger partial charge in [-0.2, -0.15) is 0 Å². The normalized spacial score (nSPS) is 18.5. The Morgan fingerprint density at radius 3 is 2.74 bits per heavy atom. The second-order valence-corrected chi connectivity index (χ2v) is 8.58. The van der Waals surface area contributed by atoms with Gasteiger partial charge < -0.3 is 25.0 Å². The van der Waals surface area contributed by atoms with Crippen LogP contribution in [-0.2, 0) is 6.42 Å². The Morgan fingerprint density at radius 2 is 1.87 bits per heavy atom. The molecule has 1 fully saturated rings. The summed E-state index contributed by atoms with van der Waals surface area (Å²) in [7, 11) is 2.16. The SMILES string of the molecule is CN1CCCc2cc(C(CNC(=O)Nc3ccc4c(c3)OCO4)N3CCCC3)ccc21. The first-order valence-corrected chi connectivity index (χ1v) is 11.2. The molecule has 3 aliphatic heterocycles. The van der Waals surface area contributed by atoms with Crippen LogP contribution in [0.4, 0.5) is 16.2 Å². The summed E-state index contributed by atoms with van der Waals surface area (Å²) in [5, 5.41) is 6.00. The van der Waals surface area contributed by atoms with Gasteiger partial charge >= 0.3 is 6.03 Å². The molecule has 2 aromatic carbocycles. The van der Waals surface area contributed by atoms with Gasteiger partial charge in [0.25, 0.3) is 0 Å². The highest BCUT2D eigenvalue weighted by molar-refractivity contribution is 5.89. The second kappa shape index (κ2) is 8.67. The molecule has 7 heteroatoms. The zero-order chi connectivity index (χ0) is 21.2. The summed E-state index contributed by atoms with van der Waals surface area (Å²) in [5.74, 6) is 1.37. The average molecular weight is 423 g/mol. The van der Waals surface area contributed by atoms with Crippen molar-refractivity contribution in [2.75, 3.05) is 50.2 Å². The summed E-state index contributed by atoms with van der Waals surface area (Å²) in [6, 6.07) is 12.2. The molecular weight excluding hydrogens is 392 g/mol. The maximum atomic E-state index is 12.6. The lowest BCUT2D eigenvalue weighted by Gasteiger charge is -2.32. The van der Waals surface area contributed by atoms with Gasteiger partial charge in [-0.25, -0.2) is 4.79 Å². The summed E-state index contributed by atoms with van der Waals surface area (Å²) in [6.45, 7) is 4.06. The lowest BCUT2D eigenvalue weighted by molar-refractivity contribution is 0.174. The molecule has 0 bridgehead atoms. The number of amides is 2. The Balaban J connectivity index is 1.28. The zero-order valence-electron chi connectivity index (χ0n) is 18.0. The zero-order valence-corrected chi connectivity index (χ0v) is 18.0. The lowest BCUT2D eigenvalue weighted by Crippen LogP contribution is -2.38. The Hall–Kier alpha value is -2.93. The minimum atomic E-state index is -0.208. The van der Waals surface area contributed by atoms with E-state index in [-0.39, 0.29) is 18.9 Å². The Kier molecular flexibility index (Phi) is 5.59. The highest BCUT2D eigenvalue weighted by Gasteiger charge is 2.25. The molecule has 31 heavy (non-hydrogen) atoms. The van der Waals surface area contributed by atoms with Gasteiger partial charge in [-0.15, -0.1) is 0 Å². The smallest absolute Gasteiger partial charge is 0.319 e. The summed E-state index contributed by atoms with van der Waals surface area (Å²) >= 11 is 0. The van der Waals surface area contributed by atoms with Gasteiger partial charge in [0.1, 0.15) is 0 Å². The molecule has 0 spiro atoms. The molecule has 5 rings (SSSR count). The van der Waals surface area contributed by atoms with Crippen LogP contribution in [0.3, 0.4) is 0 Å². The Morgan fingerprint density at radius 1 is 1.03 bits per heavy atom. The van der Waals surface area contributed by atoms with E-state index in [2.05, 4.69) is 45.7 Å². The fourth-order valence-corrected chi connectivity index (χ4v) is 4.86. The van der Waals surface area contributed by atoms with Crippen LogP contribution in [0.2, 0.25) is 0 Å². The molecule has 1 saturated heterocycles. The minimum absolute atomic E-state index is 0.183. The van der Waals surface area contributed by atoms with E-state index in [1.807, 2.05) is 12.1 Å². The third-order valence-corrected chi connectivity index (χ3v) is 6.51. The lowest BCUT2D eigenvalue weighted by atomic mass is 9.96. The third-order valence-electron chi connectivity index (χ3n) is 6.51. The van der Waals surface area contributed by atoms with Crippen LogP contribution in [0, 0.1) is 0 Å². The van der Waals surface area contributed by atoms with Crippen LogP contribution in [0.15, 0.2) is 36.4 Å². The van der Waals surface area contributed by atoms with Crippen LogP contribution in [0.25, 0.3) is 0 Å². The van der Waals surface area contributed by atoms with Crippen LogP contribution >= 0.6 is 0 Å². The Bertz CT molecular complexity index is 958. The van der Waals surface area contributed by atoms with Gasteiger partial charge in [0.2, 0.25) is 6.79 Å². The molecule has 164 valence electrons. The molecule has 7 nitrogen and oxygen atoms in total. The summed E-state index contributed by atoms with van der Waals surface area (Å²) in [6.07, 6.45) is 4.75. The van der Waals surface area contributed by atoms with Crippen molar-refractivity contribution in [2.45, 2.75) is 31.7 Å². The van der Waals surface area contributed by atoms with Crippen LogP contribution < -0.4 is 25.0 Å². The highest BCUT2D eigenvalue weighted by atomic mass is 16.7. The second-order valence-electron chi connectivity index (χ2n) is 8.58. The minimum Gasteiger partial charge on any atom is -0.454 e. The number of urea groups is 1. The number of likely N-dealkylation sites (tertiary alicyclic amines) is 1. The number of nitrogens with one attached hydrogen (secondary N) is 2. The number of benzene rings is 2. The van der Waals surface area contributed by atoms with E-state index in [9.17, 15) is 4.79 Å². The molecular formula is C24H30N4O3. The standard InChI is InChI=1S/C24H30N4O3/c1-27-10-4-5-17-13-18(6-8-20(17)27)21(28-11-2-3-12-28)15-25-24(29)26-19-7-9-22-23(14-19)31-16-30-22/h6-9,13-14,21H,2-5,10-12,15-16H2,1H3,(H2,25,26,29). The fraction of sp³-hybridized carbons (Fsp3) is 0.458. The number of rotatable bonds is 5. The number of anilines is 2. The van der Waals surface area contributed by atoms with Crippen LogP contribution in [-0.4, -0.2) is 51.0 Å². The van der Waals surface area contributed by atoms with Gasteiger partial charge in [-0.3, -0.25) is 4.90 Å². The van der Waals surface area contributed by atoms with Gasteiger partial charge in [0.05, 0.1) is 6.04 Å². The summed E-state index contributed by atoms with van der Waals surface area (Å²) < 4.78 is 10.7. The maximum Gasteiger partial charge on any atom is 0.319 e. The molecule has 3 aliphatic rings. The van der Waals surface area contributed by atoms with Gasteiger partial charge in [0, 0.05) is 37.6 Å². The molecule has 2 N–H and O–H groups in total. The number of carbonyl (C=O) groups is 1. The number of ether oxygens (including phenoxy) is 2. The fourth-order valence-electron chi connectivity index (χ4n) is 4.86. The number of carbonyl (C=O) groups excluding carboxylic acids is 1. The molecule has 2 amide bonds. The first kappa shape index (κ1) is 20.0. The number of nitrogens with zero attached hydrogens (tertiary/aromatic N) is 2. The van der Waals surface area contributed by atoms with E-state index < -0.39 is 0 Å². The van der Waals surface area contributed by atoms with Gasteiger partial charge in [-0.1, -0.05) is 12.1 Å². The molecule has 0 radical (unpaired) electrons. The van der Waals surface area contributed by atoms with Crippen molar-refractivity contribution in [2.24, 2.45) is 0 Å². The quantitative estimate of drug-likeness (QED) is 0.768. The maximum absolute atomic E-state index is 12.6. The predicted octanol–water partition coefficient (Wildman–Crippen LogP) is 3.76. The van der Waals surface area contributed by atoms with Gasteiger partial charge in [0.15, 0.2) is 11.5 Å². The number of hydrogen-bond acceptors (Lipinski definition) is 5. The van der Waals surface area contributed by atoms with E-state index in [0.717, 1.165) is 26.1 Å². The monoisotopic (exact) mass is 422 g/mol. The van der Waals surface area contributed by atoms with Crippen molar-refractivity contribution in [3.05, 3.63) is 47.5 Å². The number of hydrogen-bond donors (Lipinski definition) is 2. The van der Waals surface area contributed by atoms with Crippen LogP contribution in [0.5, 0.6) is 11.5 Å². The molecule has 0 saturated carbocycles. The first-order valence-electron chi connectivity index (χ1n) is 11.2. The molecule has 3 heterocycles. The van der Waals surface area contributed by atoms with E-state index in [1.54, 1.807) is 6.07 Å². The first-order chi connectivity index (χ1) is 15.2. The molecule has 1 unspecified atom stereocenters. The highest BCUT2D eigenvalue weighted by Crippen LogP contribution is 2.34. The van der Waals surface area contributed by atoms with E-state index in [0.29, 0.717) is 23.7 Å². The van der Waals surface area contributed by atoms with Gasteiger partial charge in [-0.05, 0) is 68.1 Å². The molecule has 2 aromatic rings. The van der Waals surface area contributed by atoms with Crippen molar-refractivity contribution in [1.29, 1.82) is 0 Å². The number of fused-ring (bicyclic) bond motifs is 2. The van der Waals surface area contributed by atoms with E-state index in [4.69, 9.17) is 9.47 Å². The van der Waals surface area contributed by atoms with Crippen molar-refractivity contribution in [3.8, 4) is 11.5 Å². The van der Waals surface area contributed by atoms with E-state index >= 15 is 0 Å². The average Bonchev–Trinajstić information content (AvgIpc) is 3.46. The third kappa shape index (κ3) is 4.28. The van der Waals surface area contributed by atoms with E-state index in [1.165, 1.54) is 36.1 Å². The molecule has 0 aliphatic carbocycles. The predicted molar refractivity (Wildman–Crippen MR) is 121 cm³/mol. The summed E-state index contributed by atoms with van der Waals surface area (Å²) in [4.78, 5) is 17.5. The van der Waals surface area contributed by atoms with Crippen molar-refractivity contribution in [3.63, 3.8) is 0 Å². The topological polar surface area (TPSA) is 66.1 Å². The molecule has 0 aromatic heterocycles. The molecule has 1 atom stereocenters. The number of aryl methyl sites for hydroxylation is 1. The van der Waals surface area contributed by atoms with Crippen molar-refractivity contribution < 1.29 is 14.3 Å². The largest absolute Gasteiger partial charge is 0.454 e. The van der Waals surface area contributed by atoms with Crippen molar-refractivity contribution >= 4 is 17.4 Å². The van der Waals surface area contributed by atoms with Crippen molar-refractivity contribution in [1.82, 2.24) is 10.2 Å². The van der Waals surface area contributed by atoms with Crippen LogP contribution in [0.1, 0.15) is 36.4 Å². The summed E-state index contributed by atoms with van der Waals surface area (Å²) in [5.41, 5.74) is 4.74. The Labute approximate surface area is 183 Å².